The van der Waals surface area contributed by atoms with Gasteiger partial charge in [-0.2, -0.15) is 17.5 Å². The minimum Gasteiger partial charge on any atom is -0.365 e. The van der Waals surface area contributed by atoms with Crippen molar-refractivity contribution in [2.75, 3.05) is 0 Å². The second-order valence-corrected chi connectivity index (χ2v) is 2.74. The number of carbonyl (C=O) groups excluding carboxylic acids is 1. The predicted octanol–water partition coefficient (Wildman–Crippen LogP) is 1.26. The zero-order valence-corrected chi connectivity index (χ0v) is 6.37. The molecular formula is C5H3F3N2OS. The first-order valence-corrected chi connectivity index (χ1v) is 3.52. The van der Waals surface area contributed by atoms with Crippen molar-refractivity contribution in [3.63, 3.8) is 0 Å². The van der Waals surface area contributed by atoms with Crippen LogP contribution in [0.5, 0.6) is 0 Å². The first-order chi connectivity index (χ1) is 5.41. The summed E-state index contributed by atoms with van der Waals surface area (Å²) in [5, 5.41) is 0. The van der Waals surface area contributed by atoms with Crippen LogP contribution in [0.3, 0.4) is 0 Å². The van der Waals surface area contributed by atoms with Gasteiger partial charge in [-0.25, -0.2) is 0 Å². The molecule has 0 radical (unpaired) electrons. The summed E-state index contributed by atoms with van der Waals surface area (Å²) in [6, 6.07) is 0.632. The number of nitrogens with zero attached hydrogens (tertiary/aromatic N) is 1. The fourth-order valence-corrected chi connectivity index (χ4v) is 1.13. The van der Waals surface area contributed by atoms with Crippen LogP contribution in [-0.4, -0.2) is 10.3 Å². The highest BCUT2D eigenvalue weighted by atomic mass is 32.1. The molecule has 0 spiro atoms. The van der Waals surface area contributed by atoms with Gasteiger partial charge >= 0.3 is 6.18 Å². The maximum atomic E-state index is 11.9. The largest absolute Gasteiger partial charge is 0.434 e. The summed E-state index contributed by atoms with van der Waals surface area (Å²) in [5.74, 6) is -0.900. The molecule has 2 N–H and O–H groups in total. The van der Waals surface area contributed by atoms with Gasteiger partial charge in [0.05, 0.1) is 0 Å². The Morgan fingerprint density at radius 1 is 1.58 bits per heavy atom. The Morgan fingerprint density at radius 2 is 2.17 bits per heavy atom. The Balaban J connectivity index is 3.00. The van der Waals surface area contributed by atoms with Gasteiger partial charge < -0.3 is 5.73 Å². The van der Waals surface area contributed by atoms with Gasteiger partial charge in [0.1, 0.15) is 4.88 Å². The minimum atomic E-state index is -4.51. The molecule has 66 valence electrons. The molecule has 0 atom stereocenters. The normalized spacial score (nSPS) is 11.6. The zero-order valence-electron chi connectivity index (χ0n) is 5.55. The summed E-state index contributed by atoms with van der Waals surface area (Å²) < 4.78 is 38.6. The summed E-state index contributed by atoms with van der Waals surface area (Å²) in [7, 11) is 0. The molecule has 1 aromatic rings. The SMILES string of the molecule is NC(=O)c1cc(C(F)(F)F)ns1. The van der Waals surface area contributed by atoms with E-state index in [-0.39, 0.29) is 4.88 Å². The molecule has 7 heteroatoms. The van der Waals surface area contributed by atoms with Crippen molar-refractivity contribution in [1.29, 1.82) is 0 Å². The smallest absolute Gasteiger partial charge is 0.365 e. The van der Waals surface area contributed by atoms with Crippen LogP contribution in [0.4, 0.5) is 13.2 Å². The van der Waals surface area contributed by atoms with E-state index in [2.05, 4.69) is 4.37 Å². The van der Waals surface area contributed by atoms with Gasteiger partial charge in [0.15, 0.2) is 5.69 Å². The molecule has 1 amide bonds. The molecule has 1 aromatic heterocycles. The fraction of sp³-hybridized carbons (Fsp3) is 0.200. The molecule has 0 aliphatic heterocycles. The topological polar surface area (TPSA) is 56.0 Å². The lowest BCUT2D eigenvalue weighted by Crippen LogP contribution is -2.09. The van der Waals surface area contributed by atoms with Crippen LogP contribution in [0.1, 0.15) is 15.4 Å². The zero-order chi connectivity index (χ0) is 9.35. The summed E-state index contributed by atoms with van der Waals surface area (Å²) in [5.41, 5.74) is 3.65. The van der Waals surface area contributed by atoms with E-state index in [1.807, 2.05) is 0 Å². The van der Waals surface area contributed by atoms with Gasteiger partial charge in [0, 0.05) is 0 Å². The third kappa shape index (κ3) is 1.73. The average molecular weight is 196 g/mol. The van der Waals surface area contributed by atoms with E-state index in [1.165, 1.54) is 0 Å². The third-order valence-corrected chi connectivity index (χ3v) is 1.85. The van der Waals surface area contributed by atoms with E-state index in [1.54, 1.807) is 0 Å². The molecule has 0 saturated carbocycles. The number of nitrogens with two attached hydrogens (primary N) is 1. The van der Waals surface area contributed by atoms with E-state index in [4.69, 9.17) is 5.73 Å². The number of hydrogen-bond acceptors (Lipinski definition) is 3. The lowest BCUT2D eigenvalue weighted by Gasteiger charge is -1.98. The number of halogens is 3. The fourth-order valence-electron chi connectivity index (χ4n) is 0.525. The third-order valence-electron chi connectivity index (χ3n) is 1.04. The highest BCUT2D eigenvalue weighted by Gasteiger charge is 2.34. The lowest BCUT2D eigenvalue weighted by atomic mass is 10.3. The highest BCUT2D eigenvalue weighted by Crippen LogP contribution is 2.29. The van der Waals surface area contributed by atoms with Crippen molar-refractivity contribution in [3.8, 4) is 0 Å². The van der Waals surface area contributed by atoms with Crippen molar-refractivity contribution in [1.82, 2.24) is 4.37 Å². The Bertz CT molecular complexity index is 306. The van der Waals surface area contributed by atoms with Gasteiger partial charge in [-0.3, -0.25) is 4.79 Å². The second kappa shape index (κ2) is 2.74. The van der Waals surface area contributed by atoms with Crippen molar-refractivity contribution >= 4 is 17.4 Å². The maximum Gasteiger partial charge on any atom is 0.434 e. The van der Waals surface area contributed by atoms with Gasteiger partial charge in [-0.05, 0) is 17.6 Å². The van der Waals surface area contributed by atoms with Crippen LogP contribution < -0.4 is 5.73 Å². The number of amides is 1. The molecule has 0 aliphatic carbocycles. The molecule has 1 rings (SSSR count). The van der Waals surface area contributed by atoms with Gasteiger partial charge in [0.25, 0.3) is 5.91 Å². The molecule has 0 fully saturated rings. The van der Waals surface area contributed by atoms with Crippen molar-refractivity contribution < 1.29 is 18.0 Å². The van der Waals surface area contributed by atoms with Crippen molar-refractivity contribution in [2.45, 2.75) is 6.18 Å². The van der Waals surface area contributed by atoms with Crippen LogP contribution in [-0.2, 0) is 6.18 Å². The van der Waals surface area contributed by atoms with E-state index >= 15 is 0 Å². The molecule has 0 saturated heterocycles. The molecule has 0 unspecified atom stereocenters. The van der Waals surface area contributed by atoms with Gasteiger partial charge in [-0.1, -0.05) is 0 Å². The van der Waals surface area contributed by atoms with E-state index in [0.717, 1.165) is 0 Å². The van der Waals surface area contributed by atoms with E-state index in [9.17, 15) is 18.0 Å². The molecule has 0 aliphatic rings. The number of carbonyl (C=O) groups is 1. The number of alkyl halides is 3. The number of aromatic nitrogens is 1. The van der Waals surface area contributed by atoms with E-state index < -0.39 is 17.8 Å². The van der Waals surface area contributed by atoms with Crippen LogP contribution in [0.15, 0.2) is 6.07 Å². The lowest BCUT2D eigenvalue weighted by molar-refractivity contribution is -0.140. The summed E-state index contributed by atoms with van der Waals surface area (Å²) in [6.07, 6.45) is -4.51. The molecule has 0 aromatic carbocycles. The Hall–Kier alpha value is -1.11. The minimum absolute atomic E-state index is 0.192. The summed E-state index contributed by atoms with van der Waals surface area (Å²) >= 11 is 0.440. The number of primary amides is 1. The molecule has 1 heterocycles. The number of rotatable bonds is 1. The Morgan fingerprint density at radius 3 is 2.42 bits per heavy atom. The average Bonchev–Trinajstić information content (AvgIpc) is 2.30. The van der Waals surface area contributed by atoms with Crippen LogP contribution >= 0.6 is 11.5 Å². The molecule has 12 heavy (non-hydrogen) atoms. The first kappa shape index (κ1) is 8.98. The van der Waals surface area contributed by atoms with Crippen molar-refractivity contribution in [3.05, 3.63) is 16.6 Å². The van der Waals surface area contributed by atoms with E-state index in [0.29, 0.717) is 17.6 Å². The first-order valence-electron chi connectivity index (χ1n) is 2.75. The van der Waals surface area contributed by atoms with Crippen LogP contribution in [0, 0.1) is 0 Å². The predicted molar refractivity (Wildman–Crippen MR) is 35.6 cm³/mol. The molecular weight excluding hydrogens is 193 g/mol. The van der Waals surface area contributed by atoms with Crippen molar-refractivity contribution in [2.24, 2.45) is 5.73 Å². The maximum absolute atomic E-state index is 11.9. The monoisotopic (exact) mass is 196 g/mol. The second-order valence-electron chi connectivity index (χ2n) is 1.94. The number of hydrogen-bond donors (Lipinski definition) is 1. The molecule has 3 nitrogen and oxygen atoms in total. The van der Waals surface area contributed by atoms with Crippen LogP contribution in [0.25, 0.3) is 0 Å². The van der Waals surface area contributed by atoms with Gasteiger partial charge in [-0.15, -0.1) is 0 Å². The summed E-state index contributed by atoms with van der Waals surface area (Å²) in [6.45, 7) is 0. The van der Waals surface area contributed by atoms with Crippen LogP contribution in [0.2, 0.25) is 0 Å². The highest BCUT2D eigenvalue weighted by molar-refractivity contribution is 7.08. The standard InChI is InChI=1S/C5H3F3N2OS/c6-5(7,8)3-1-2(4(9)11)12-10-3/h1H,(H2,9,11). The Labute approximate surface area is 69.2 Å². The quantitative estimate of drug-likeness (QED) is 0.735. The molecule has 0 bridgehead atoms. The van der Waals surface area contributed by atoms with Gasteiger partial charge in [0.2, 0.25) is 0 Å². The summed E-state index contributed by atoms with van der Waals surface area (Å²) in [4.78, 5) is 10.2. The Kier molecular flexibility index (Phi) is 2.05.